The molecule has 4 heteroatoms. The van der Waals surface area contributed by atoms with Crippen LogP contribution in [0.2, 0.25) is 0 Å². The molecule has 1 aliphatic rings. The Balaban J connectivity index is 1.80. The minimum Gasteiger partial charge on any atom is -0.371 e. The van der Waals surface area contributed by atoms with E-state index in [9.17, 15) is 0 Å². The minimum atomic E-state index is 0.567. The van der Waals surface area contributed by atoms with E-state index in [0.717, 1.165) is 12.1 Å². The van der Waals surface area contributed by atoms with Crippen LogP contribution in [-0.2, 0) is 0 Å². The van der Waals surface area contributed by atoms with Gasteiger partial charge in [-0.2, -0.15) is 4.37 Å². The van der Waals surface area contributed by atoms with Crippen LogP contribution in [0.5, 0.6) is 0 Å². The van der Waals surface area contributed by atoms with E-state index in [4.69, 9.17) is 0 Å². The summed E-state index contributed by atoms with van der Waals surface area (Å²) in [6.45, 7) is 2.36. The van der Waals surface area contributed by atoms with Crippen LogP contribution in [0, 0.1) is 0 Å². The summed E-state index contributed by atoms with van der Waals surface area (Å²) in [5.41, 5.74) is 1.10. The minimum absolute atomic E-state index is 0.567. The smallest absolute Gasteiger partial charge is 0.117 e. The fraction of sp³-hybridized carbons (Fsp3) is 0.462. The number of piperidine rings is 1. The molecular weight excluding hydrogens is 230 g/mol. The number of hydrogen-bond acceptors (Lipinski definition) is 4. The Bertz CT molecular complexity index is 508. The molecule has 3 rings (SSSR count). The summed E-state index contributed by atoms with van der Waals surface area (Å²) in [4.78, 5) is 2.39. The Morgan fingerprint density at radius 3 is 3.18 bits per heavy atom. The monoisotopic (exact) mass is 247 g/mol. The maximum absolute atomic E-state index is 4.47. The third-order valence-electron chi connectivity index (χ3n) is 3.34. The van der Waals surface area contributed by atoms with Crippen molar-refractivity contribution in [2.75, 3.05) is 25.5 Å². The maximum atomic E-state index is 4.47. The van der Waals surface area contributed by atoms with E-state index >= 15 is 0 Å². The van der Waals surface area contributed by atoms with Crippen LogP contribution in [0.25, 0.3) is 10.9 Å². The Morgan fingerprint density at radius 1 is 1.41 bits per heavy atom. The quantitative estimate of drug-likeness (QED) is 0.884. The van der Waals surface area contributed by atoms with Gasteiger partial charge in [0.25, 0.3) is 0 Å². The van der Waals surface area contributed by atoms with Crippen LogP contribution in [0.15, 0.2) is 24.3 Å². The van der Waals surface area contributed by atoms with Crippen molar-refractivity contribution >= 4 is 27.4 Å². The van der Waals surface area contributed by atoms with Crippen LogP contribution in [0.3, 0.4) is 0 Å². The van der Waals surface area contributed by atoms with Crippen LogP contribution < -0.4 is 5.32 Å². The predicted octanol–water partition coefficient (Wildman–Crippen LogP) is 2.80. The molecule has 1 aliphatic heterocycles. The molecular formula is C13H17N3S. The molecule has 1 fully saturated rings. The highest BCUT2D eigenvalue weighted by Crippen LogP contribution is 2.28. The lowest BCUT2D eigenvalue weighted by Crippen LogP contribution is -2.39. The SMILES string of the molecule is CN1CCCC(Nc2snc3ccccc23)C1. The zero-order valence-electron chi connectivity index (χ0n) is 10.0. The second kappa shape index (κ2) is 4.63. The first-order chi connectivity index (χ1) is 8.33. The van der Waals surface area contributed by atoms with E-state index in [2.05, 4.69) is 39.8 Å². The van der Waals surface area contributed by atoms with E-state index in [-0.39, 0.29) is 0 Å². The number of benzene rings is 1. The number of likely N-dealkylation sites (N-methyl/N-ethyl adjacent to an activating group) is 1. The van der Waals surface area contributed by atoms with Crippen molar-refractivity contribution in [3.05, 3.63) is 24.3 Å². The molecule has 0 saturated carbocycles. The fourth-order valence-corrected chi connectivity index (χ4v) is 3.30. The van der Waals surface area contributed by atoms with E-state index in [1.807, 2.05) is 6.07 Å². The maximum Gasteiger partial charge on any atom is 0.117 e. The lowest BCUT2D eigenvalue weighted by molar-refractivity contribution is 0.261. The molecule has 3 nitrogen and oxygen atoms in total. The number of rotatable bonds is 2. The van der Waals surface area contributed by atoms with Gasteiger partial charge in [-0.1, -0.05) is 12.1 Å². The molecule has 0 bridgehead atoms. The number of aromatic nitrogens is 1. The lowest BCUT2D eigenvalue weighted by Gasteiger charge is -2.30. The van der Waals surface area contributed by atoms with Crippen molar-refractivity contribution in [3.63, 3.8) is 0 Å². The standard InChI is InChI=1S/C13H17N3S/c1-16-8-4-5-10(9-16)14-13-11-6-2-3-7-12(11)15-17-13/h2-3,6-7,10,14H,4-5,8-9H2,1H3. The van der Waals surface area contributed by atoms with E-state index in [1.165, 1.54) is 29.8 Å². The van der Waals surface area contributed by atoms with Crippen LogP contribution >= 0.6 is 11.5 Å². The van der Waals surface area contributed by atoms with Crippen LogP contribution in [0.1, 0.15) is 12.8 Å². The number of fused-ring (bicyclic) bond motifs is 1. The van der Waals surface area contributed by atoms with E-state index in [0.29, 0.717) is 6.04 Å². The summed E-state index contributed by atoms with van der Waals surface area (Å²) in [5.74, 6) is 0. The number of anilines is 1. The Kier molecular flexibility index (Phi) is 2.99. The van der Waals surface area contributed by atoms with Gasteiger partial charge in [0.15, 0.2) is 0 Å². The predicted molar refractivity (Wildman–Crippen MR) is 73.8 cm³/mol. The van der Waals surface area contributed by atoms with Gasteiger partial charge in [0.1, 0.15) is 5.00 Å². The first-order valence-electron chi connectivity index (χ1n) is 6.12. The highest BCUT2D eigenvalue weighted by atomic mass is 32.1. The third-order valence-corrected chi connectivity index (χ3v) is 4.15. The topological polar surface area (TPSA) is 28.2 Å². The first-order valence-corrected chi connectivity index (χ1v) is 6.90. The number of nitrogens with one attached hydrogen (secondary N) is 1. The normalized spacial score (nSPS) is 21.8. The summed E-state index contributed by atoms with van der Waals surface area (Å²) >= 11 is 1.58. The third kappa shape index (κ3) is 2.28. The number of nitrogens with zero attached hydrogens (tertiary/aromatic N) is 2. The van der Waals surface area contributed by atoms with Crippen LogP contribution in [-0.4, -0.2) is 35.5 Å². The summed E-state index contributed by atoms with van der Waals surface area (Å²) < 4.78 is 4.47. The van der Waals surface area contributed by atoms with Gasteiger partial charge in [0.05, 0.1) is 5.52 Å². The summed E-state index contributed by atoms with van der Waals surface area (Å²) in [6, 6.07) is 8.91. The second-order valence-electron chi connectivity index (χ2n) is 4.77. The van der Waals surface area contributed by atoms with Crippen molar-refractivity contribution in [1.29, 1.82) is 0 Å². The Morgan fingerprint density at radius 2 is 2.29 bits per heavy atom. The molecule has 0 spiro atoms. The molecule has 17 heavy (non-hydrogen) atoms. The number of hydrogen-bond donors (Lipinski definition) is 1. The fourth-order valence-electron chi connectivity index (χ4n) is 2.46. The molecule has 1 aromatic heterocycles. The van der Waals surface area contributed by atoms with Gasteiger partial charge in [0, 0.05) is 18.0 Å². The molecule has 0 radical (unpaired) electrons. The molecule has 2 aromatic rings. The molecule has 1 aromatic carbocycles. The molecule has 1 N–H and O–H groups in total. The molecule has 2 heterocycles. The van der Waals surface area contributed by atoms with Gasteiger partial charge >= 0.3 is 0 Å². The zero-order valence-corrected chi connectivity index (χ0v) is 10.8. The Hall–Kier alpha value is -1.13. The van der Waals surface area contributed by atoms with Crippen LogP contribution in [0.4, 0.5) is 5.00 Å². The van der Waals surface area contributed by atoms with E-state index in [1.54, 1.807) is 11.5 Å². The van der Waals surface area contributed by atoms with Gasteiger partial charge in [-0.3, -0.25) is 0 Å². The highest BCUT2D eigenvalue weighted by molar-refractivity contribution is 7.11. The molecule has 0 amide bonds. The van der Waals surface area contributed by atoms with Crippen molar-refractivity contribution in [3.8, 4) is 0 Å². The van der Waals surface area contributed by atoms with Crippen molar-refractivity contribution in [1.82, 2.24) is 9.27 Å². The molecule has 90 valence electrons. The van der Waals surface area contributed by atoms with Gasteiger partial charge < -0.3 is 10.2 Å². The summed E-state index contributed by atoms with van der Waals surface area (Å²) in [5, 5.41) is 6.13. The van der Waals surface area contributed by atoms with Gasteiger partial charge in [-0.15, -0.1) is 0 Å². The average molecular weight is 247 g/mol. The Labute approximate surface area is 106 Å². The first kappa shape index (κ1) is 11.0. The van der Waals surface area contributed by atoms with E-state index < -0.39 is 0 Å². The zero-order chi connectivity index (χ0) is 11.7. The van der Waals surface area contributed by atoms with Gasteiger partial charge in [-0.25, -0.2) is 0 Å². The molecule has 1 atom stereocenters. The molecule has 1 saturated heterocycles. The molecule has 0 aliphatic carbocycles. The highest BCUT2D eigenvalue weighted by Gasteiger charge is 2.18. The molecule has 1 unspecified atom stereocenters. The largest absolute Gasteiger partial charge is 0.371 e. The number of likely N-dealkylation sites (tertiary alicyclic amines) is 1. The van der Waals surface area contributed by atoms with Gasteiger partial charge in [0.2, 0.25) is 0 Å². The lowest BCUT2D eigenvalue weighted by atomic mass is 10.1. The van der Waals surface area contributed by atoms with Crippen molar-refractivity contribution in [2.24, 2.45) is 0 Å². The summed E-state index contributed by atoms with van der Waals surface area (Å²) in [6.07, 6.45) is 2.54. The van der Waals surface area contributed by atoms with Crippen molar-refractivity contribution < 1.29 is 0 Å². The summed E-state index contributed by atoms with van der Waals surface area (Å²) in [7, 11) is 2.19. The second-order valence-corrected chi connectivity index (χ2v) is 5.55. The van der Waals surface area contributed by atoms with Crippen molar-refractivity contribution in [2.45, 2.75) is 18.9 Å². The van der Waals surface area contributed by atoms with Gasteiger partial charge in [-0.05, 0) is 50.1 Å². The average Bonchev–Trinajstić information content (AvgIpc) is 2.73.